The first-order chi connectivity index (χ1) is 6.02. The van der Waals surface area contributed by atoms with Crippen LogP contribution < -0.4 is 5.73 Å². The van der Waals surface area contributed by atoms with Gasteiger partial charge in [0.25, 0.3) is 0 Å². The van der Waals surface area contributed by atoms with Gasteiger partial charge in [-0.15, -0.1) is 0 Å². The molecule has 0 heterocycles. The molecule has 2 N–H and O–H groups in total. The molecule has 0 radical (unpaired) electrons. The predicted molar refractivity (Wildman–Crippen MR) is 52.5 cm³/mol. The van der Waals surface area contributed by atoms with Crippen LogP contribution in [0.25, 0.3) is 0 Å². The fourth-order valence-electron chi connectivity index (χ4n) is 1.54. The van der Waals surface area contributed by atoms with E-state index in [-0.39, 0.29) is 12.1 Å². The Balaban J connectivity index is 4.25. The fourth-order valence-corrected chi connectivity index (χ4v) is 1.54. The standard InChI is InChI=1S/C9H20N2O2/c1-5-7(11(3)4)8(6-2)13-9(10)12/h7-8H,5-6H2,1-4H3,(H2,10,12). The summed E-state index contributed by atoms with van der Waals surface area (Å²) >= 11 is 0. The third-order valence-electron chi connectivity index (χ3n) is 2.18. The monoisotopic (exact) mass is 188 g/mol. The van der Waals surface area contributed by atoms with Gasteiger partial charge in [-0.25, -0.2) is 4.79 Å². The molecule has 0 aromatic heterocycles. The Labute approximate surface area is 80.0 Å². The van der Waals surface area contributed by atoms with E-state index < -0.39 is 6.09 Å². The van der Waals surface area contributed by atoms with E-state index in [0.29, 0.717) is 0 Å². The molecule has 0 spiro atoms. The van der Waals surface area contributed by atoms with E-state index >= 15 is 0 Å². The van der Waals surface area contributed by atoms with Gasteiger partial charge in [-0.1, -0.05) is 13.8 Å². The van der Waals surface area contributed by atoms with E-state index in [4.69, 9.17) is 10.5 Å². The molecule has 2 atom stereocenters. The molecule has 0 fully saturated rings. The van der Waals surface area contributed by atoms with Gasteiger partial charge in [-0.2, -0.15) is 0 Å². The number of carbonyl (C=O) groups is 1. The van der Waals surface area contributed by atoms with Crippen molar-refractivity contribution < 1.29 is 9.53 Å². The van der Waals surface area contributed by atoms with Crippen molar-refractivity contribution in [2.75, 3.05) is 14.1 Å². The Morgan fingerprint density at radius 1 is 1.38 bits per heavy atom. The molecule has 78 valence electrons. The van der Waals surface area contributed by atoms with Crippen LogP contribution in [0.2, 0.25) is 0 Å². The van der Waals surface area contributed by atoms with Gasteiger partial charge in [0.2, 0.25) is 0 Å². The second-order valence-corrected chi connectivity index (χ2v) is 3.32. The molecule has 0 bridgehead atoms. The second kappa shape index (κ2) is 5.80. The summed E-state index contributed by atoms with van der Waals surface area (Å²) in [6.07, 6.45) is 0.947. The van der Waals surface area contributed by atoms with Gasteiger partial charge in [0.1, 0.15) is 6.10 Å². The fraction of sp³-hybridized carbons (Fsp3) is 0.889. The van der Waals surface area contributed by atoms with Crippen molar-refractivity contribution >= 4 is 6.09 Å². The number of hydrogen-bond acceptors (Lipinski definition) is 3. The van der Waals surface area contributed by atoms with Gasteiger partial charge in [0.05, 0.1) is 0 Å². The Kier molecular flexibility index (Phi) is 5.46. The van der Waals surface area contributed by atoms with Crippen LogP contribution in [-0.2, 0) is 4.74 Å². The SMILES string of the molecule is CCC(OC(N)=O)C(CC)N(C)C. The number of primary amides is 1. The molecule has 2 unspecified atom stereocenters. The summed E-state index contributed by atoms with van der Waals surface area (Å²) in [4.78, 5) is 12.6. The number of nitrogens with zero attached hydrogens (tertiary/aromatic N) is 1. The molecule has 0 rings (SSSR count). The maximum atomic E-state index is 10.6. The van der Waals surface area contributed by atoms with Crippen molar-refractivity contribution in [3.8, 4) is 0 Å². The Morgan fingerprint density at radius 3 is 2.15 bits per heavy atom. The molecular formula is C9H20N2O2. The summed E-state index contributed by atoms with van der Waals surface area (Å²) in [6, 6.07) is 0.248. The highest BCUT2D eigenvalue weighted by Crippen LogP contribution is 2.12. The highest BCUT2D eigenvalue weighted by Gasteiger charge is 2.22. The summed E-state index contributed by atoms with van der Waals surface area (Å²) in [5.74, 6) is 0. The molecule has 0 saturated heterocycles. The van der Waals surface area contributed by atoms with E-state index in [1.165, 1.54) is 0 Å². The summed E-state index contributed by atoms with van der Waals surface area (Å²) < 4.78 is 5.01. The van der Waals surface area contributed by atoms with Gasteiger partial charge in [-0.05, 0) is 26.9 Å². The van der Waals surface area contributed by atoms with Crippen molar-refractivity contribution in [1.29, 1.82) is 0 Å². The number of likely N-dealkylation sites (N-methyl/N-ethyl adjacent to an activating group) is 1. The van der Waals surface area contributed by atoms with Gasteiger partial charge in [0.15, 0.2) is 0 Å². The molecule has 13 heavy (non-hydrogen) atoms. The van der Waals surface area contributed by atoms with Crippen molar-refractivity contribution in [2.24, 2.45) is 5.73 Å². The molecular weight excluding hydrogens is 168 g/mol. The van der Waals surface area contributed by atoms with Crippen LogP contribution in [-0.4, -0.2) is 37.2 Å². The lowest BCUT2D eigenvalue weighted by molar-refractivity contribution is 0.0457. The topological polar surface area (TPSA) is 55.6 Å². The average molecular weight is 188 g/mol. The molecule has 1 amide bonds. The third kappa shape index (κ3) is 4.12. The van der Waals surface area contributed by atoms with Crippen LogP contribution in [0.15, 0.2) is 0 Å². The van der Waals surface area contributed by atoms with Gasteiger partial charge < -0.3 is 15.4 Å². The first kappa shape index (κ1) is 12.2. The molecule has 4 heteroatoms. The minimum Gasteiger partial charge on any atom is -0.445 e. The lowest BCUT2D eigenvalue weighted by Crippen LogP contribution is -2.41. The van der Waals surface area contributed by atoms with Gasteiger partial charge in [0, 0.05) is 6.04 Å². The number of hydrogen-bond donors (Lipinski definition) is 1. The van der Waals surface area contributed by atoms with Gasteiger partial charge in [-0.3, -0.25) is 0 Å². The minimum atomic E-state index is -0.688. The van der Waals surface area contributed by atoms with Crippen LogP contribution in [0.1, 0.15) is 26.7 Å². The molecule has 4 nitrogen and oxygen atoms in total. The molecule has 0 aromatic carbocycles. The van der Waals surface area contributed by atoms with Crippen LogP contribution >= 0.6 is 0 Å². The highest BCUT2D eigenvalue weighted by molar-refractivity contribution is 5.64. The Hall–Kier alpha value is -0.770. The van der Waals surface area contributed by atoms with E-state index in [9.17, 15) is 4.79 Å². The first-order valence-electron chi connectivity index (χ1n) is 4.65. The van der Waals surface area contributed by atoms with Crippen molar-refractivity contribution in [3.05, 3.63) is 0 Å². The molecule has 0 saturated carbocycles. The normalized spacial score (nSPS) is 15.5. The zero-order valence-corrected chi connectivity index (χ0v) is 8.91. The average Bonchev–Trinajstić information content (AvgIpc) is 2.02. The lowest BCUT2D eigenvalue weighted by atomic mass is 10.1. The van der Waals surface area contributed by atoms with Crippen LogP contribution in [0.4, 0.5) is 4.79 Å². The van der Waals surface area contributed by atoms with Crippen LogP contribution in [0, 0.1) is 0 Å². The van der Waals surface area contributed by atoms with Crippen molar-refractivity contribution in [2.45, 2.75) is 38.8 Å². The maximum absolute atomic E-state index is 10.6. The minimum absolute atomic E-state index is 0.0995. The number of carbonyl (C=O) groups excluding carboxylic acids is 1. The Morgan fingerprint density at radius 2 is 1.92 bits per heavy atom. The molecule has 0 aliphatic heterocycles. The highest BCUT2D eigenvalue weighted by atomic mass is 16.6. The summed E-state index contributed by atoms with van der Waals surface area (Å²) in [6.45, 7) is 4.05. The quantitative estimate of drug-likeness (QED) is 0.705. The van der Waals surface area contributed by atoms with Crippen LogP contribution in [0.5, 0.6) is 0 Å². The summed E-state index contributed by atoms with van der Waals surface area (Å²) in [5, 5.41) is 0. The summed E-state index contributed by atoms with van der Waals surface area (Å²) in [5.41, 5.74) is 4.98. The smallest absolute Gasteiger partial charge is 0.404 e. The van der Waals surface area contributed by atoms with Gasteiger partial charge >= 0.3 is 6.09 Å². The van der Waals surface area contributed by atoms with E-state index in [1.807, 2.05) is 21.0 Å². The largest absolute Gasteiger partial charge is 0.445 e. The zero-order chi connectivity index (χ0) is 10.4. The van der Waals surface area contributed by atoms with E-state index in [2.05, 4.69) is 11.8 Å². The van der Waals surface area contributed by atoms with Crippen molar-refractivity contribution in [1.82, 2.24) is 4.90 Å². The third-order valence-corrected chi connectivity index (χ3v) is 2.18. The molecule has 0 aliphatic carbocycles. The first-order valence-corrected chi connectivity index (χ1v) is 4.65. The van der Waals surface area contributed by atoms with Crippen molar-refractivity contribution in [3.63, 3.8) is 0 Å². The molecule has 0 aliphatic rings. The van der Waals surface area contributed by atoms with E-state index in [1.54, 1.807) is 0 Å². The maximum Gasteiger partial charge on any atom is 0.404 e. The number of nitrogens with two attached hydrogens (primary N) is 1. The second-order valence-electron chi connectivity index (χ2n) is 3.32. The number of ether oxygens (including phenoxy) is 1. The molecule has 0 aromatic rings. The number of amides is 1. The summed E-state index contributed by atoms with van der Waals surface area (Å²) in [7, 11) is 3.95. The Bertz CT molecular complexity index is 160. The number of rotatable bonds is 5. The van der Waals surface area contributed by atoms with E-state index in [0.717, 1.165) is 12.8 Å². The zero-order valence-electron chi connectivity index (χ0n) is 8.91. The lowest BCUT2D eigenvalue weighted by Gasteiger charge is -2.29. The predicted octanol–water partition coefficient (Wildman–Crippen LogP) is 1.20. The van der Waals surface area contributed by atoms with Crippen LogP contribution in [0.3, 0.4) is 0 Å².